The number of nitrogens with two attached hydrogens (primary N) is 1. The molecule has 0 saturated heterocycles. The summed E-state index contributed by atoms with van der Waals surface area (Å²) in [6.07, 6.45) is 1.84. The van der Waals surface area contributed by atoms with E-state index in [0.29, 0.717) is 11.9 Å². The molecule has 1 aliphatic rings. The van der Waals surface area contributed by atoms with Crippen LogP contribution in [0.4, 0.5) is 0 Å². The predicted molar refractivity (Wildman–Crippen MR) is 42.6 cm³/mol. The molecule has 0 fully saturated rings. The Balaban J connectivity index is 2.85. The van der Waals surface area contributed by atoms with Gasteiger partial charge in [-0.3, -0.25) is 0 Å². The zero-order valence-electron chi connectivity index (χ0n) is 6.63. The molecule has 0 spiro atoms. The van der Waals surface area contributed by atoms with Crippen molar-refractivity contribution in [1.82, 2.24) is 4.90 Å². The van der Waals surface area contributed by atoms with Crippen LogP contribution in [0.15, 0.2) is 17.0 Å². The molecule has 0 amide bonds. The maximum atomic E-state index is 5.51. The van der Waals surface area contributed by atoms with Gasteiger partial charge in [0.1, 0.15) is 5.82 Å². The smallest absolute Gasteiger partial charge is 0.139 e. The number of hydrogen-bond acceptors (Lipinski definition) is 3. The van der Waals surface area contributed by atoms with Crippen LogP contribution >= 0.6 is 0 Å². The Morgan fingerprint density at radius 2 is 2.30 bits per heavy atom. The molecule has 1 rings (SSSR count). The number of nitrogens with zero attached hydrogens (tertiary/aromatic N) is 2. The van der Waals surface area contributed by atoms with Gasteiger partial charge in [-0.1, -0.05) is 0 Å². The van der Waals surface area contributed by atoms with Gasteiger partial charge in [-0.25, -0.2) is 4.99 Å². The lowest BCUT2D eigenvalue weighted by Crippen LogP contribution is -2.34. The molecule has 10 heavy (non-hydrogen) atoms. The van der Waals surface area contributed by atoms with Crippen molar-refractivity contribution in [2.45, 2.75) is 19.9 Å². The van der Waals surface area contributed by atoms with Crippen molar-refractivity contribution in [2.24, 2.45) is 10.7 Å². The minimum atomic E-state index is 0.382. The molecule has 0 aliphatic carbocycles. The van der Waals surface area contributed by atoms with E-state index in [4.69, 9.17) is 5.73 Å². The Morgan fingerprint density at radius 1 is 1.70 bits per heavy atom. The molecule has 1 heterocycles. The Bertz CT molecular complexity index is 193. The van der Waals surface area contributed by atoms with E-state index in [-0.39, 0.29) is 0 Å². The van der Waals surface area contributed by atoms with Crippen LogP contribution in [0.25, 0.3) is 0 Å². The molecule has 1 atom stereocenters. The molecule has 0 aromatic rings. The van der Waals surface area contributed by atoms with Crippen molar-refractivity contribution in [2.75, 3.05) is 7.05 Å². The van der Waals surface area contributed by atoms with Gasteiger partial charge in [0.2, 0.25) is 0 Å². The number of hydrogen-bond donors (Lipinski definition) is 1. The molecule has 1 unspecified atom stereocenters. The summed E-state index contributed by atoms with van der Waals surface area (Å²) < 4.78 is 0. The molecule has 0 radical (unpaired) electrons. The van der Waals surface area contributed by atoms with E-state index in [1.165, 1.54) is 0 Å². The quantitative estimate of drug-likeness (QED) is 0.532. The summed E-state index contributed by atoms with van der Waals surface area (Å²) in [4.78, 5) is 6.18. The molecule has 2 N–H and O–H groups in total. The monoisotopic (exact) mass is 139 g/mol. The summed E-state index contributed by atoms with van der Waals surface area (Å²) in [5, 5.41) is 0. The molecule has 3 nitrogen and oxygen atoms in total. The first-order chi connectivity index (χ1) is 4.61. The third-order valence-corrected chi connectivity index (χ3v) is 1.86. The number of aliphatic imine (C=N–C) groups is 1. The van der Waals surface area contributed by atoms with Gasteiger partial charge < -0.3 is 10.6 Å². The summed E-state index contributed by atoms with van der Waals surface area (Å²) in [7, 11) is 2.00. The van der Waals surface area contributed by atoms with Crippen molar-refractivity contribution in [3.8, 4) is 0 Å². The standard InChI is InChI=1S/C7H13N3/c1-5-6(2)10(3)4-7(8)9-5/h4,6H,8H2,1-3H3. The average molecular weight is 139 g/mol. The third kappa shape index (κ3) is 1.12. The molecule has 0 bridgehead atoms. The van der Waals surface area contributed by atoms with E-state index in [1.54, 1.807) is 0 Å². The average Bonchev–Trinajstić information content (AvgIpc) is 1.82. The van der Waals surface area contributed by atoms with E-state index >= 15 is 0 Å². The van der Waals surface area contributed by atoms with Crippen LogP contribution in [0.5, 0.6) is 0 Å². The number of rotatable bonds is 0. The molecular weight excluding hydrogens is 126 g/mol. The van der Waals surface area contributed by atoms with Crippen molar-refractivity contribution in [3.63, 3.8) is 0 Å². The highest BCUT2D eigenvalue weighted by molar-refractivity contribution is 5.88. The fourth-order valence-electron chi connectivity index (χ4n) is 0.941. The zero-order chi connectivity index (χ0) is 7.72. The van der Waals surface area contributed by atoms with Gasteiger partial charge in [-0.15, -0.1) is 0 Å². The highest BCUT2D eigenvalue weighted by Gasteiger charge is 2.13. The fraction of sp³-hybridized carbons (Fsp3) is 0.571. The summed E-state index contributed by atoms with van der Waals surface area (Å²) in [5.74, 6) is 0.595. The Kier molecular flexibility index (Phi) is 1.66. The fourth-order valence-corrected chi connectivity index (χ4v) is 0.941. The van der Waals surface area contributed by atoms with Crippen LogP contribution in [-0.2, 0) is 0 Å². The van der Waals surface area contributed by atoms with Crippen molar-refractivity contribution in [3.05, 3.63) is 12.0 Å². The topological polar surface area (TPSA) is 41.6 Å². The summed E-state index contributed by atoms with van der Waals surface area (Å²) in [6, 6.07) is 0.382. The van der Waals surface area contributed by atoms with Gasteiger partial charge in [-0.2, -0.15) is 0 Å². The first-order valence-corrected chi connectivity index (χ1v) is 3.35. The predicted octanol–water partition coefficient (Wildman–Crippen LogP) is 0.539. The van der Waals surface area contributed by atoms with Crippen LogP contribution in [0.2, 0.25) is 0 Å². The van der Waals surface area contributed by atoms with Gasteiger partial charge in [-0.05, 0) is 13.8 Å². The second-order valence-corrected chi connectivity index (χ2v) is 2.65. The summed E-state index contributed by atoms with van der Waals surface area (Å²) >= 11 is 0. The molecular formula is C7H13N3. The molecule has 0 aromatic carbocycles. The van der Waals surface area contributed by atoms with Gasteiger partial charge in [0.05, 0.1) is 6.04 Å². The second-order valence-electron chi connectivity index (χ2n) is 2.65. The largest absolute Gasteiger partial charge is 0.382 e. The van der Waals surface area contributed by atoms with Crippen molar-refractivity contribution in [1.29, 1.82) is 0 Å². The maximum absolute atomic E-state index is 5.51. The highest BCUT2D eigenvalue weighted by atomic mass is 15.2. The van der Waals surface area contributed by atoms with E-state index in [2.05, 4.69) is 16.8 Å². The van der Waals surface area contributed by atoms with Crippen LogP contribution in [0.3, 0.4) is 0 Å². The second kappa shape index (κ2) is 2.33. The van der Waals surface area contributed by atoms with Crippen LogP contribution in [0.1, 0.15) is 13.8 Å². The molecule has 3 heteroatoms. The lowest BCUT2D eigenvalue weighted by Gasteiger charge is -2.26. The maximum Gasteiger partial charge on any atom is 0.139 e. The van der Waals surface area contributed by atoms with E-state index in [9.17, 15) is 0 Å². The zero-order valence-corrected chi connectivity index (χ0v) is 6.63. The molecule has 0 aromatic heterocycles. The lowest BCUT2D eigenvalue weighted by molar-refractivity contribution is 0.414. The van der Waals surface area contributed by atoms with Crippen LogP contribution < -0.4 is 5.73 Å². The van der Waals surface area contributed by atoms with Gasteiger partial charge in [0.25, 0.3) is 0 Å². The third-order valence-electron chi connectivity index (χ3n) is 1.86. The van der Waals surface area contributed by atoms with Gasteiger partial charge in [0, 0.05) is 19.0 Å². The van der Waals surface area contributed by atoms with Crippen molar-refractivity contribution < 1.29 is 0 Å². The normalized spacial score (nSPS) is 25.9. The van der Waals surface area contributed by atoms with Crippen molar-refractivity contribution >= 4 is 5.71 Å². The SMILES string of the molecule is CC1=NC(N)=CN(C)C1C. The van der Waals surface area contributed by atoms with Gasteiger partial charge >= 0.3 is 0 Å². The lowest BCUT2D eigenvalue weighted by atomic mass is 10.2. The van der Waals surface area contributed by atoms with Crippen LogP contribution in [-0.4, -0.2) is 23.7 Å². The Morgan fingerprint density at radius 3 is 2.80 bits per heavy atom. The van der Waals surface area contributed by atoms with E-state index < -0.39 is 0 Å². The van der Waals surface area contributed by atoms with Crippen LogP contribution in [0, 0.1) is 0 Å². The summed E-state index contributed by atoms with van der Waals surface area (Å²) in [6.45, 7) is 4.09. The first kappa shape index (κ1) is 7.12. The Hall–Kier alpha value is -0.990. The Labute approximate surface area is 61.2 Å². The first-order valence-electron chi connectivity index (χ1n) is 3.35. The van der Waals surface area contributed by atoms with E-state index in [1.807, 2.05) is 20.2 Å². The van der Waals surface area contributed by atoms with Gasteiger partial charge in [0.15, 0.2) is 0 Å². The molecule has 56 valence electrons. The minimum Gasteiger partial charge on any atom is -0.382 e. The minimum absolute atomic E-state index is 0.382. The molecule has 0 saturated carbocycles. The summed E-state index contributed by atoms with van der Waals surface area (Å²) in [5.41, 5.74) is 6.58. The molecule has 1 aliphatic heterocycles. The highest BCUT2D eigenvalue weighted by Crippen LogP contribution is 2.07. The van der Waals surface area contributed by atoms with E-state index in [0.717, 1.165) is 5.71 Å².